The van der Waals surface area contributed by atoms with Crippen molar-refractivity contribution in [3.05, 3.63) is 12.8 Å². The molecular weight excluding hydrogens is 268 g/mol. The molecule has 0 saturated carbocycles. The molecule has 20 heavy (non-hydrogen) atoms. The summed E-state index contributed by atoms with van der Waals surface area (Å²) >= 11 is 0. The van der Waals surface area contributed by atoms with Gasteiger partial charge >= 0.3 is 5.97 Å². The smallest absolute Gasteiger partial charge is 0.331 e. The predicted octanol–water partition coefficient (Wildman–Crippen LogP) is 0.386. The van der Waals surface area contributed by atoms with Crippen LogP contribution in [-0.2, 0) is 33.2 Å². The lowest BCUT2D eigenvalue weighted by atomic mass is 10.7. The standard InChI is InChI=1S/C13H24O7/c1-3-16-4-5-17-6-7-18-8-9-19-10-11-20-12-13(14)15-2/h3H,1,4-12H2,2H3. The number of methoxy groups -OCH3 is 1. The summed E-state index contributed by atoms with van der Waals surface area (Å²) in [7, 11) is 1.32. The van der Waals surface area contributed by atoms with Gasteiger partial charge in [-0.3, -0.25) is 0 Å². The first-order chi connectivity index (χ1) is 9.81. The second-order valence-corrected chi connectivity index (χ2v) is 3.50. The van der Waals surface area contributed by atoms with Gasteiger partial charge in [0.05, 0.1) is 59.6 Å². The molecule has 0 rings (SSSR count). The van der Waals surface area contributed by atoms with E-state index < -0.39 is 5.97 Å². The molecule has 0 fully saturated rings. The molecule has 0 unspecified atom stereocenters. The largest absolute Gasteiger partial charge is 0.499 e. The Balaban J connectivity index is 2.99. The van der Waals surface area contributed by atoms with Crippen LogP contribution >= 0.6 is 0 Å². The first-order valence-corrected chi connectivity index (χ1v) is 6.41. The number of hydrogen-bond donors (Lipinski definition) is 0. The van der Waals surface area contributed by atoms with Gasteiger partial charge < -0.3 is 28.4 Å². The third kappa shape index (κ3) is 14.9. The van der Waals surface area contributed by atoms with Crippen LogP contribution in [0.15, 0.2) is 12.8 Å². The second kappa shape index (κ2) is 15.9. The van der Waals surface area contributed by atoms with E-state index in [-0.39, 0.29) is 6.61 Å². The molecule has 0 amide bonds. The summed E-state index contributed by atoms with van der Waals surface area (Å²) in [5.41, 5.74) is 0. The van der Waals surface area contributed by atoms with Crippen molar-refractivity contribution in [3.63, 3.8) is 0 Å². The number of carbonyl (C=O) groups is 1. The van der Waals surface area contributed by atoms with Crippen LogP contribution in [0.1, 0.15) is 0 Å². The van der Waals surface area contributed by atoms with Gasteiger partial charge in [0.2, 0.25) is 0 Å². The first-order valence-electron chi connectivity index (χ1n) is 6.41. The van der Waals surface area contributed by atoms with Crippen LogP contribution < -0.4 is 0 Å². The van der Waals surface area contributed by atoms with E-state index in [0.717, 1.165) is 0 Å². The molecule has 0 N–H and O–H groups in total. The highest BCUT2D eigenvalue weighted by Crippen LogP contribution is 1.84. The first kappa shape index (κ1) is 18.9. The lowest BCUT2D eigenvalue weighted by molar-refractivity contribution is -0.146. The van der Waals surface area contributed by atoms with Gasteiger partial charge in [-0.05, 0) is 0 Å². The monoisotopic (exact) mass is 292 g/mol. The number of rotatable bonds is 15. The van der Waals surface area contributed by atoms with Crippen LogP contribution in [0.2, 0.25) is 0 Å². The molecule has 0 aromatic heterocycles. The quantitative estimate of drug-likeness (QED) is 0.245. The minimum absolute atomic E-state index is 0.0523. The van der Waals surface area contributed by atoms with E-state index in [0.29, 0.717) is 52.9 Å². The topological polar surface area (TPSA) is 72.5 Å². The molecule has 7 nitrogen and oxygen atoms in total. The molecule has 0 atom stereocenters. The molecule has 0 bridgehead atoms. The molecule has 0 aromatic carbocycles. The van der Waals surface area contributed by atoms with Gasteiger partial charge in [-0.1, -0.05) is 6.58 Å². The molecule has 0 spiro atoms. The minimum Gasteiger partial charge on any atom is -0.499 e. The molecule has 0 radical (unpaired) electrons. The van der Waals surface area contributed by atoms with E-state index >= 15 is 0 Å². The van der Waals surface area contributed by atoms with E-state index in [9.17, 15) is 4.79 Å². The molecule has 0 aliphatic rings. The third-order valence-electron chi connectivity index (χ3n) is 2.03. The summed E-state index contributed by atoms with van der Waals surface area (Å²) in [6, 6.07) is 0. The fourth-order valence-corrected chi connectivity index (χ4v) is 1.06. The van der Waals surface area contributed by atoms with Gasteiger partial charge in [-0.25, -0.2) is 4.79 Å². The number of esters is 1. The normalized spacial score (nSPS) is 10.2. The van der Waals surface area contributed by atoms with E-state index in [4.69, 9.17) is 23.7 Å². The zero-order valence-electron chi connectivity index (χ0n) is 12.0. The number of ether oxygens (including phenoxy) is 6. The molecule has 118 valence electrons. The third-order valence-corrected chi connectivity index (χ3v) is 2.03. The van der Waals surface area contributed by atoms with Gasteiger partial charge in [-0.15, -0.1) is 0 Å². The molecule has 0 aliphatic heterocycles. The Morgan fingerprint density at radius 1 is 0.850 bits per heavy atom. The fourth-order valence-electron chi connectivity index (χ4n) is 1.06. The van der Waals surface area contributed by atoms with Gasteiger partial charge in [0.25, 0.3) is 0 Å². The molecule has 7 heteroatoms. The van der Waals surface area contributed by atoms with Crippen molar-refractivity contribution in [3.8, 4) is 0 Å². The Labute approximate surface area is 119 Å². The van der Waals surface area contributed by atoms with Crippen LogP contribution in [0.3, 0.4) is 0 Å². The minimum atomic E-state index is -0.396. The Hall–Kier alpha value is -1.15. The van der Waals surface area contributed by atoms with E-state index in [2.05, 4.69) is 11.3 Å². The average molecular weight is 292 g/mol. The van der Waals surface area contributed by atoms with Crippen molar-refractivity contribution in [2.45, 2.75) is 0 Å². The maximum atomic E-state index is 10.7. The molecular formula is C13H24O7. The second-order valence-electron chi connectivity index (χ2n) is 3.50. The summed E-state index contributed by atoms with van der Waals surface area (Å²) < 4.78 is 30.0. The van der Waals surface area contributed by atoms with E-state index in [1.54, 1.807) is 0 Å². The summed E-state index contributed by atoms with van der Waals surface area (Å²) in [5.74, 6) is -0.396. The van der Waals surface area contributed by atoms with Crippen molar-refractivity contribution in [1.82, 2.24) is 0 Å². The molecule has 0 aliphatic carbocycles. The highest BCUT2D eigenvalue weighted by molar-refractivity contribution is 5.70. The van der Waals surface area contributed by atoms with Crippen molar-refractivity contribution in [2.24, 2.45) is 0 Å². The van der Waals surface area contributed by atoms with Gasteiger partial charge in [0.15, 0.2) is 0 Å². The summed E-state index contributed by atoms with van der Waals surface area (Å²) in [5, 5.41) is 0. The fraction of sp³-hybridized carbons (Fsp3) is 0.769. The maximum Gasteiger partial charge on any atom is 0.331 e. The molecule has 0 saturated heterocycles. The van der Waals surface area contributed by atoms with Crippen molar-refractivity contribution < 1.29 is 33.2 Å². The van der Waals surface area contributed by atoms with Crippen LogP contribution in [0.25, 0.3) is 0 Å². The highest BCUT2D eigenvalue weighted by atomic mass is 16.6. The lowest BCUT2D eigenvalue weighted by Crippen LogP contribution is -2.15. The van der Waals surface area contributed by atoms with Crippen LogP contribution in [0.5, 0.6) is 0 Å². The van der Waals surface area contributed by atoms with Crippen molar-refractivity contribution in [1.29, 1.82) is 0 Å². The summed E-state index contributed by atoms with van der Waals surface area (Å²) in [6.07, 6.45) is 1.38. The zero-order valence-corrected chi connectivity index (χ0v) is 12.0. The van der Waals surface area contributed by atoms with Crippen LogP contribution in [-0.4, -0.2) is 72.5 Å². The number of carbonyl (C=O) groups excluding carboxylic acids is 1. The predicted molar refractivity (Wildman–Crippen MR) is 71.4 cm³/mol. The zero-order chi connectivity index (χ0) is 14.9. The van der Waals surface area contributed by atoms with Crippen molar-refractivity contribution in [2.75, 3.05) is 66.6 Å². The van der Waals surface area contributed by atoms with Gasteiger partial charge in [-0.2, -0.15) is 0 Å². The lowest BCUT2D eigenvalue weighted by Gasteiger charge is -2.07. The van der Waals surface area contributed by atoms with Crippen LogP contribution in [0.4, 0.5) is 0 Å². The molecule has 0 aromatic rings. The number of hydrogen-bond acceptors (Lipinski definition) is 7. The summed E-state index contributed by atoms with van der Waals surface area (Å²) in [4.78, 5) is 10.7. The summed E-state index contributed by atoms with van der Waals surface area (Å²) in [6.45, 7) is 7.13. The van der Waals surface area contributed by atoms with Gasteiger partial charge in [0.1, 0.15) is 13.2 Å². The maximum absolute atomic E-state index is 10.7. The van der Waals surface area contributed by atoms with E-state index in [1.165, 1.54) is 13.4 Å². The van der Waals surface area contributed by atoms with E-state index in [1.807, 2.05) is 0 Å². The average Bonchev–Trinajstić information content (AvgIpc) is 2.47. The molecule has 0 heterocycles. The van der Waals surface area contributed by atoms with Crippen molar-refractivity contribution >= 4 is 5.97 Å². The Morgan fingerprint density at radius 2 is 1.30 bits per heavy atom. The van der Waals surface area contributed by atoms with Crippen LogP contribution in [0, 0.1) is 0 Å². The Morgan fingerprint density at radius 3 is 1.75 bits per heavy atom. The highest BCUT2D eigenvalue weighted by Gasteiger charge is 1.98. The Kier molecular flexibility index (Phi) is 15.0. The Bertz CT molecular complexity index is 233. The SMILES string of the molecule is C=COCCOCCOCCOCCOCC(=O)OC. The van der Waals surface area contributed by atoms with Gasteiger partial charge in [0, 0.05) is 0 Å².